The van der Waals surface area contributed by atoms with Crippen molar-refractivity contribution in [3.8, 4) is 0 Å². The predicted molar refractivity (Wildman–Crippen MR) is 77.6 cm³/mol. The monoisotopic (exact) mass is 329 g/mol. The Morgan fingerprint density at radius 2 is 2.19 bits per heavy atom. The van der Waals surface area contributed by atoms with Crippen LogP contribution in [0.2, 0.25) is 0 Å². The number of nitrogens with zero attached hydrogens (tertiary/aromatic N) is 1. The molecule has 0 fully saturated rings. The molecule has 9 heteroatoms. The molecule has 0 atom stereocenters. The summed E-state index contributed by atoms with van der Waals surface area (Å²) < 4.78 is 44.9. The van der Waals surface area contributed by atoms with Crippen molar-refractivity contribution >= 4 is 27.2 Å². The fraction of sp³-hybridized carbons (Fsp3) is 0.167. The number of aryl methyl sites for hydroxylation is 1. The van der Waals surface area contributed by atoms with Gasteiger partial charge in [-0.25, -0.2) is 17.5 Å². The van der Waals surface area contributed by atoms with Gasteiger partial charge in [0, 0.05) is 11.6 Å². The smallest absolute Gasteiger partial charge is 0.240 e. The molecule has 2 aromatic rings. The molecule has 1 aromatic heterocycles. The highest BCUT2D eigenvalue weighted by molar-refractivity contribution is 7.89. The van der Waals surface area contributed by atoms with Crippen LogP contribution in [0.1, 0.15) is 17.0 Å². The number of hydrogen-bond donors (Lipinski definition) is 2. The van der Waals surface area contributed by atoms with Crippen LogP contribution in [-0.2, 0) is 16.6 Å². The third kappa shape index (κ3) is 3.63. The molecule has 2 rings (SSSR count). The maximum absolute atomic E-state index is 13.5. The zero-order chi connectivity index (χ0) is 15.6. The molecule has 0 radical (unpaired) electrons. The van der Waals surface area contributed by atoms with Gasteiger partial charge >= 0.3 is 0 Å². The van der Waals surface area contributed by atoms with Crippen molar-refractivity contribution in [3.05, 3.63) is 47.1 Å². The van der Waals surface area contributed by atoms with Gasteiger partial charge in [-0.05, 0) is 25.1 Å². The van der Waals surface area contributed by atoms with Crippen LogP contribution >= 0.6 is 12.2 Å². The predicted octanol–water partition coefficient (Wildman–Crippen LogP) is 1.23. The highest BCUT2D eigenvalue weighted by Gasteiger charge is 2.17. The maximum Gasteiger partial charge on any atom is 0.240 e. The van der Waals surface area contributed by atoms with E-state index >= 15 is 0 Å². The van der Waals surface area contributed by atoms with Gasteiger partial charge < -0.3 is 10.3 Å². The first-order valence-electron chi connectivity index (χ1n) is 5.81. The van der Waals surface area contributed by atoms with Gasteiger partial charge in [0.1, 0.15) is 16.6 Å². The number of thiocarbonyl (C=S) groups is 1. The SMILES string of the molecule is Cc1cc(CNS(=O)(=O)c2ccc(F)c(C(N)=S)c2)no1. The minimum absolute atomic E-state index is 0.0422. The third-order valence-corrected chi connectivity index (χ3v) is 4.25. The molecule has 0 spiro atoms. The van der Waals surface area contributed by atoms with Gasteiger partial charge in [0.25, 0.3) is 0 Å². The second-order valence-electron chi connectivity index (χ2n) is 4.26. The number of nitrogens with two attached hydrogens (primary N) is 1. The van der Waals surface area contributed by atoms with Gasteiger partial charge in [0.05, 0.1) is 17.1 Å². The van der Waals surface area contributed by atoms with E-state index in [1.54, 1.807) is 13.0 Å². The van der Waals surface area contributed by atoms with E-state index in [9.17, 15) is 12.8 Å². The molecule has 0 saturated heterocycles. The highest BCUT2D eigenvalue weighted by atomic mass is 32.2. The minimum Gasteiger partial charge on any atom is -0.389 e. The molecule has 0 unspecified atom stereocenters. The first kappa shape index (κ1) is 15.5. The molecule has 0 amide bonds. The lowest BCUT2D eigenvalue weighted by Crippen LogP contribution is -2.24. The summed E-state index contributed by atoms with van der Waals surface area (Å²) >= 11 is 4.68. The molecule has 1 heterocycles. The van der Waals surface area contributed by atoms with E-state index in [2.05, 4.69) is 22.1 Å². The van der Waals surface area contributed by atoms with E-state index in [-0.39, 0.29) is 22.0 Å². The molecule has 0 bridgehead atoms. The number of sulfonamides is 1. The highest BCUT2D eigenvalue weighted by Crippen LogP contribution is 2.15. The first-order chi connectivity index (χ1) is 9.79. The summed E-state index contributed by atoms with van der Waals surface area (Å²) in [5.74, 6) is -0.102. The fourth-order valence-electron chi connectivity index (χ4n) is 1.61. The normalized spacial score (nSPS) is 11.5. The summed E-state index contributed by atoms with van der Waals surface area (Å²) in [6, 6.07) is 4.83. The van der Waals surface area contributed by atoms with Gasteiger partial charge in [-0.3, -0.25) is 0 Å². The van der Waals surface area contributed by atoms with Crippen LogP contribution in [-0.4, -0.2) is 18.6 Å². The molecule has 0 saturated carbocycles. The third-order valence-electron chi connectivity index (χ3n) is 2.63. The van der Waals surface area contributed by atoms with E-state index in [1.807, 2.05) is 0 Å². The molecular weight excluding hydrogens is 317 g/mol. The molecule has 1 aromatic carbocycles. The van der Waals surface area contributed by atoms with Crippen LogP contribution in [0.3, 0.4) is 0 Å². The van der Waals surface area contributed by atoms with Crippen LogP contribution < -0.4 is 10.5 Å². The summed E-state index contributed by atoms with van der Waals surface area (Å²) in [6.45, 7) is 1.65. The van der Waals surface area contributed by atoms with Crippen molar-refractivity contribution in [1.29, 1.82) is 0 Å². The van der Waals surface area contributed by atoms with Gasteiger partial charge in [-0.1, -0.05) is 17.4 Å². The Hall–Kier alpha value is -1.84. The average molecular weight is 329 g/mol. The largest absolute Gasteiger partial charge is 0.389 e. The lowest BCUT2D eigenvalue weighted by atomic mass is 10.2. The van der Waals surface area contributed by atoms with Crippen molar-refractivity contribution in [3.63, 3.8) is 0 Å². The minimum atomic E-state index is -3.84. The maximum atomic E-state index is 13.5. The quantitative estimate of drug-likeness (QED) is 0.801. The molecule has 6 nitrogen and oxygen atoms in total. The number of halogens is 1. The van der Waals surface area contributed by atoms with E-state index in [0.717, 1.165) is 18.2 Å². The lowest BCUT2D eigenvalue weighted by Gasteiger charge is -2.07. The van der Waals surface area contributed by atoms with E-state index in [4.69, 9.17) is 10.3 Å². The second-order valence-corrected chi connectivity index (χ2v) is 6.47. The van der Waals surface area contributed by atoms with Crippen molar-refractivity contribution in [2.24, 2.45) is 5.73 Å². The number of nitrogens with one attached hydrogen (secondary N) is 1. The zero-order valence-electron chi connectivity index (χ0n) is 11.0. The van der Waals surface area contributed by atoms with Gasteiger partial charge in [0.15, 0.2) is 0 Å². The van der Waals surface area contributed by atoms with Crippen LogP contribution in [0.25, 0.3) is 0 Å². The Bertz CT molecular complexity index is 787. The average Bonchev–Trinajstić information content (AvgIpc) is 2.82. The molecule has 21 heavy (non-hydrogen) atoms. The van der Waals surface area contributed by atoms with Gasteiger partial charge in [0.2, 0.25) is 10.0 Å². The Morgan fingerprint density at radius 1 is 1.48 bits per heavy atom. The van der Waals surface area contributed by atoms with E-state index in [1.165, 1.54) is 0 Å². The number of benzene rings is 1. The van der Waals surface area contributed by atoms with E-state index in [0.29, 0.717) is 11.5 Å². The summed E-state index contributed by atoms with van der Waals surface area (Å²) in [5.41, 5.74) is 5.67. The van der Waals surface area contributed by atoms with Crippen LogP contribution in [0, 0.1) is 12.7 Å². The first-order valence-corrected chi connectivity index (χ1v) is 7.70. The second kappa shape index (κ2) is 5.88. The molecular formula is C12H12FN3O3S2. The Morgan fingerprint density at radius 3 is 2.76 bits per heavy atom. The standard InChI is InChI=1S/C12H12FN3O3S2/c1-7-4-8(16-19-7)6-15-21(17,18)9-2-3-11(13)10(5-9)12(14)20/h2-5,15H,6H2,1H3,(H2,14,20). The Balaban J connectivity index is 2.23. The topological polar surface area (TPSA) is 98.2 Å². The Labute approximate surface area is 126 Å². The van der Waals surface area contributed by atoms with Crippen LogP contribution in [0.4, 0.5) is 4.39 Å². The molecule has 0 aliphatic rings. The summed E-state index contributed by atoms with van der Waals surface area (Å²) in [5, 5.41) is 3.67. The molecule has 0 aliphatic carbocycles. The number of rotatable bonds is 5. The number of hydrogen-bond acceptors (Lipinski definition) is 5. The van der Waals surface area contributed by atoms with Crippen LogP contribution in [0.5, 0.6) is 0 Å². The van der Waals surface area contributed by atoms with Gasteiger partial charge in [-0.15, -0.1) is 0 Å². The summed E-state index contributed by atoms with van der Waals surface area (Å²) in [6.07, 6.45) is 0. The fourth-order valence-corrected chi connectivity index (χ4v) is 2.80. The zero-order valence-corrected chi connectivity index (χ0v) is 12.6. The Kier molecular flexibility index (Phi) is 4.35. The van der Waals surface area contributed by atoms with Crippen molar-refractivity contribution in [1.82, 2.24) is 9.88 Å². The van der Waals surface area contributed by atoms with E-state index < -0.39 is 15.8 Å². The summed E-state index contributed by atoms with van der Waals surface area (Å²) in [7, 11) is -3.84. The van der Waals surface area contributed by atoms with Crippen molar-refractivity contribution in [2.45, 2.75) is 18.4 Å². The van der Waals surface area contributed by atoms with Crippen molar-refractivity contribution in [2.75, 3.05) is 0 Å². The lowest BCUT2D eigenvalue weighted by molar-refractivity contribution is 0.390. The van der Waals surface area contributed by atoms with Gasteiger partial charge in [-0.2, -0.15) is 0 Å². The molecule has 112 valence electrons. The van der Waals surface area contributed by atoms with Crippen LogP contribution in [0.15, 0.2) is 33.7 Å². The molecule has 3 N–H and O–H groups in total. The molecule has 0 aliphatic heterocycles. The summed E-state index contributed by atoms with van der Waals surface area (Å²) in [4.78, 5) is -0.344. The number of aromatic nitrogens is 1. The van der Waals surface area contributed by atoms with Crippen molar-refractivity contribution < 1.29 is 17.3 Å².